The highest BCUT2D eigenvalue weighted by atomic mass is 35.5. The van der Waals surface area contributed by atoms with E-state index in [-0.39, 0.29) is 0 Å². The van der Waals surface area contributed by atoms with Crippen molar-refractivity contribution in [1.29, 1.82) is 0 Å². The first-order valence-electron chi connectivity index (χ1n) is 3.53. The summed E-state index contributed by atoms with van der Waals surface area (Å²) >= 11 is 11.6. The zero-order valence-corrected chi connectivity index (χ0v) is 8.15. The van der Waals surface area contributed by atoms with Gasteiger partial charge < -0.3 is 5.73 Å². The molecule has 1 aromatic rings. The molecule has 0 aliphatic rings. The molecule has 0 heterocycles. The summed E-state index contributed by atoms with van der Waals surface area (Å²) in [5.74, 6) is 0. The summed E-state index contributed by atoms with van der Waals surface area (Å²) in [6.07, 6.45) is 3.79. The van der Waals surface area contributed by atoms with Gasteiger partial charge in [0, 0.05) is 0 Å². The molecule has 0 radical (unpaired) electrons. The molecule has 0 amide bonds. The highest BCUT2D eigenvalue weighted by Gasteiger charge is 2.04. The lowest BCUT2D eigenvalue weighted by Crippen LogP contribution is -1.90. The Hall–Kier alpha value is -0.660. The van der Waals surface area contributed by atoms with E-state index in [1.807, 2.05) is 25.1 Å². The summed E-state index contributed by atoms with van der Waals surface area (Å²) in [6.45, 7) is 1.92. The van der Waals surface area contributed by atoms with E-state index < -0.39 is 0 Å². The fourth-order valence-corrected chi connectivity index (χ4v) is 1.24. The Morgan fingerprint density at radius 2 is 2.00 bits per heavy atom. The van der Waals surface area contributed by atoms with Crippen LogP contribution in [0.1, 0.15) is 12.5 Å². The maximum atomic E-state index is 5.83. The van der Waals surface area contributed by atoms with Gasteiger partial charge in [0.25, 0.3) is 0 Å². The maximum absolute atomic E-state index is 5.83. The van der Waals surface area contributed by atoms with E-state index >= 15 is 0 Å². The quantitative estimate of drug-likeness (QED) is 0.691. The fourth-order valence-electron chi connectivity index (χ4n) is 0.906. The molecule has 0 bridgehead atoms. The normalized spacial score (nSPS) is 10.9. The van der Waals surface area contributed by atoms with Gasteiger partial charge in [-0.3, -0.25) is 0 Å². The monoisotopic (exact) mass is 201 g/mol. The molecule has 1 aromatic carbocycles. The summed E-state index contributed by atoms with van der Waals surface area (Å²) in [6, 6.07) is 3.57. The maximum Gasteiger partial charge on any atom is 0.0827 e. The average Bonchev–Trinajstić information content (AvgIpc) is 2.07. The second-order valence-corrected chi connectivity index (χ2v) is 3.15. The molecular weight excluding hydrogens is 193 g/mol. The van der Waals surface area contributed by atoms with Crippen molar-refractivity contribution in [3.05, 3.63) is 33.8 Å². The fraction of sp³-hybridized carbons (Fsp3) is 0.111. The first-order valence-corrected chi connectivity index (χ1v) is 4.28. The van der Waals surface area contributed by atoms with Crippen LogP contribution >= 0.6 is 23.2 Å². The molecule has 0 aliphatic heterocycles. The van der Waals surface area contributed by atoms with Crippen LogP contribution in [0.3, 0.4) is 0 Å². The van der Waals surface area contributed by atoms with Crippen LogP contribution in [0.5, 0.6) is 0 Å². The first kappa shape index (κ1) is 9.43. The molecule has 1 rings (SSSR count). The Kier molecular flexibility index (Phi) is 3.01. The van der Waals surface area contributed by atoms with Crippen molar-refractivity contribution in [3.63, 3.8) is 0 Å². The SMILES string of the molecule is C/C=C/c1ccc(Cl)c(Cl)c1N. The molecule has 0 fully saturated rings. The van der Waals surface area contributed by atoms with E-state index in [4.69, 9.17) is 28.9 Å². The van der Waals surface area contributed by atoms with Gasteiger partial charge in [-0.15, -0.1) is 0 Å². The molecule has 0 atom stereocenters. The number of anilines is 1. The number of nitrogen functional groups attached to an aromatic ring is 1. The van der Waals surface area contributed by atoms with Gasteiger partial charge >= 0.3 is 0 Å². The topological polar surface area (TPSA) is 26.0 Å². The number of benzene rings is 1. The van der Waals surface area contributed by atoms with Gasteiger partial charge in [-0.05, 0) is 18.6 Å². The van der Waals surface area contributed by atoms with Gasteiger partial charge in [-0.2, -0.15) is 0 Å². The highest BCUT2D eigenvalue weighted by molar-refractivity contribution is 6.43. The number of allylic oxidation sites excluding steroid dienone is 1. The molecule has 3 heteroatoms. The van der Waals surface area contributed by atoms with Gasteiger partial charge in [0.2, 0.25) is 0 Å². The van der Waals surface area contributed by atoms with E-state index in [0.29, 0.717) is 15.7 Å². The Bertz CT molecular complexity index is 319. The van der Waals surface area contributed by atoms with Crippen LogP contribution in [0.4, 0.5) is 5.69 Å². The minimum absolute atomic E-state index is 0.423. The van der Waals surface area contributed by atoms with Crippen LogP contribution in [0, 0.1) is 0 Å². The Balaban J connectivity index is 3.26. The number of hydrogen-bond donors (Lipinski definition) is 1. The molecule has 0 unspecified atom stereocenters. The molecule has 64 valence electrons. The molecule has 0 saturated carbocycles. The third kappa shape index (κ3) is 1.74. The second-order valence-electron chi connectivity index (χ2n) is 2.36. The lowest BCUT2D eigenvalue weighted by molar-refractivity contribution is 1.62. The molecular formula is C9H9Cl2N. The van der Waals surface area contributed by atoms with Crippen LogP contribution in [0.2, 0.25) is 10.0 Å². The van der Waals surface area contributed by atoms with E-state index in [9.17, 15) is 0 Å². The van der Waals surface area contributed by atoms with Crippen LogP contribution in [0.25, 0.3) is 6.08 Å². The molecule has 0 aliphatic carbocycles. The second kappa shape index (κ2) is 3.83. The van der Waals surface area contributed by atoms with Crippen molar-refractivity contribution in [3.8, 4) is 0 Å². The molecule has 2 N–H and O–H groups in total. The summed E-state index contributed by atoms with van der Waals surface area (Å²) < 4.78 is 0. The lowest BCUT2D eigenvalue weighted by Gasteiger charge is -2.03. The number of hydrogen-bond acceptors (Lipinski definition) is 1. The number of nitrogens with two attached hydrogens (primary N) is 1. The Labute approximate surface area is 81.8 Å². The zero-order chi connectivity index (χ0) is 9.14. The van der Waals surface area contributed by atoms with Crippen molar-refractivity contribution in [2.24, 2.45) is 0 Å². The van der Waals surface area contributed by atoms with Crippen molar-refractivity contribution in [2.45, 2.75) is 6.92 Å². The van der Waals surface area contributed by atoms with Gasteiger partial charge in [0.1, 0.15) is 0 Å². The first-order chi connectivity index (χ1) is 5.66. The summed E-state index contributed by atoms with van der Waals surface area (Å²) in [7, 11) is 0. The van der Waals surface area contributed by atoms with E-state index in [0.717, 1.165) is 5.56 Å². The zero-order valence-electron chi connectivity index (χ0n) is 6.64. The third-order valence-electron chi connectivity index (χ3n) is 1.51. The summed E-state index contributed by atoms with van der Waals surface area (Å²) in [5.41, 5.74) is 7.13. The van der Waals surface area contributed by atoms with Gasteiger partial charge in [0.15, 0.2) is 0 Å². The third-order valence-corrected chi connectivity index (χ3v) is 2.33. The number of rotatable bonds is 1. The molecule has 1 nitrogen and oxygen atoms in total. The van der Waals surface area contributed by atoms with Crippen LogP contribution < -0.4 is 5.73 Å². The van der Waals surface area contributed by atoms with Crippen LogP contribution in [-0.4, -0.2) is 0 Å². The smallest absolute Gasteiger partial charge is 0.0827 e. The standard InChI is InChI=1S/C9H9Cl2N/c1-2-3-6-4-5-7(10)8(11)9(6)12/h2-5H,12H2,1H3/b3-2+. The average molecular weight is 202 g/mol. The predicted octanol–water partition coefficient (Wildman–Crippen LogP) is 3.61. The summed E-state index contributed by atoms with van der Waals surface area (Å²) in [5, 5.41) is 0.912. The predicted molar refractivity (Wildman–Crippen MR) is 55.6 cm³/mol. The van der Waals surface area contributed by atoms with Crippen molar-refractivity contribution in [2.75, 3.05) is 5.73 Å². The van der Waals surface area contributed by atoms with Crippen LogP contribution in [0.15, 0.2) is 18.2 Å². The van der Waals surface area contributed by atoms with E-state index in [1.165, 1.54) is 0 Å². The molecule has 0 saturated heterocycles. The van der Waals surface area contributed by atoms with E-state index in [2.05, 4.69) is 0 Å². The van der Waals surface area contributed by atoms with E-state index in [1.54, 1.807) is 6.07 Å². The highest BCUT2D eigenvalue weighted by Crippen LogP contribution is 2.31. The van der Waals surface area contributed by atoms with Gasteiger partial charge in [0.05, 0.1) is 15.7 Å². The minimum atomic E-state index is 0.423. The number of halogens is 2. The molecule has 0 spiro atoms. The summed E-state index contributed by atoms with van der Waals surface area (Å²) in [4.78, 5) is 0. The Morgan fingerprint density at radius 3 is 2.58 bits per heavy atom. The largest absolute Gasteiger partial charge is 0.397 e. The molecule has 0 aromatic heterocycles. The molecule has 12 heavy (non-hydrogen) atoms. The van der Waals surface area contributed by atoms with Crippen molar-refractivity contribution in [1.82, 2.24) is 0 Å². The lowest BCUT2D eigenvalue weighted by atomic mass is 10.1. The minimum Gasteiger partial charge on any atom is -0.397 e. The van der Waals surface area contributed by atoms with Crippen LogP contribution in [-0.2, 0) is 0 Å². The Morgan fingerprint density at radius 1 is 1.33 bits per heavy atom. The van der Waals surface area contributed by atoms with Gasteiger partial charge in [-0.1, -0.05) is 41.4 Å². The van der Waals surface area contributed by atoms with Gasteiger partial charge in [-0.25, -0.2) is 0 Å². The van der Waals surface area contributed by atoms with Crippen molar-refractivity contribution >= 4 is 35.0 Å². The van der Waals surface area contributed by atoms with Crippen molar-refractivity contribution < 1.29 is 0 Å².